The number of aliphatic hydroxyl groups is 1. The topological polar surface area (TPSA) is 83.5 Å². The maximum atomic E-state index is 12.1. The highest BCUT2D eigenvalue weighted by Gasteiger charge is 2.29. The molecule has 0 radical (unpaired) electrons. The third-order valence-electron chi connectivity index (χ3n) is 4.40. The summed E-state index contributed by atoms with van der Waals surface area (Å²) in [4.78, 5) is 14.3. The number of β-amino-alcohol motifs (C(OH)–C–C–N with tert-alkyl or cyclic N) is 1. The Balaban J connectivity index is 1.42. The largest absolute Gasteiger partial charge is 0.390 e. The van der Waals surface area contributed by atoms with E-state index in [1.54, 1.807) is 13.0 Å². The number of hydrogen-bond donors (Lipinski definition) is 2. The SMILES string of the molecule is Cc1cc(C(=O)N[C@@H]2CCN(CCCn3cccc3)C[C@H]2O)no1. The van der Waals surface area contributed by atoms with Crippen LogP contribution in [0.2, 0.25) is 0 Å². The van der Waals surface area contributed by atoms with Gasteiger partial charge in [0.1, 0.15) is 5.76 Å². The van der Waals surface area contributed by atoms with Crippen molar-refractivity contribution in [3.05, 3.63) is 42.0 Å². The summed E-state index contributed by atoms with van der Waals surface area (Å²) in [6.07, 6.45) is 5.32. The summed E-state index contributed by atoms with van der Waals surface area (Å²) in [6, 6.07) is 5.40. The number of nitrogens with zero attached hydrogens (tertiary/aromatic N) is 3. The molecule has 130 valence electrons. The third kappa shape index (κ3) is 4.24. The standard InChI is InChI=1S/C17H24N4O3/c1-13-11-15(19-24-13)17(23)18-14-5-10-21(12-16(14)22)9-4-8-20-6-2-3-7-20/h2-3,6-7,11,14,16,22H,4-5,8-10,12H2,1H3,(H,18,23)/t14-,16-/m1/s1. The third-order valence-corrected chi connectivity index (χ3v) is 4.40. The van der Waals surface area contributed by atoms with Crippen molar-refractivity contribution < 1.29 is 14.4 Å². The van der Waals surface area contributed by atoms with Gasteiger partial charge in [0.15, 0.2) is 5.69 Å². The molecule has 1 amide bonds. The smallest absolute Gasteiger partial charge is 0.273 e. The molecule has 7 nitrogen and oxygen atoms in total. The van der Waals surface area contributed by atoms with Crippen LogP contribution in [0.3, 0.4) is 0 Å². The Morgan fingerprint density at radius 1 is 1.42 bits per heavy atom. The lowest BCUT2D eigenvalue weighted by Crippen LogP contribution is -2.54. The molecule has 7 heteroatoms. The zero-order valence-corrected chi connectivity index (χ0v) is 13.9. The number of carbonyl (C=O) groups is 1. The lowest BCUT2D eigenvalue weighted by molar-refractivity contribution is 0.0369. The van der Waals surface area contributed by atoms with Crippen LogP contribution < -0.4 is 5.32 Å². The Kier molecular flexibility index (Phi) is 5.32. The van der Waals surface area contributed by atoms with Crippen molar-refractivity contribution in [3.8, 4) is 0 Å². The zero-order valence-electron chi connectivity index (χ0n) is 13.9. The Hall–Kier alpha value is -2.12. The highest BCUT2D eigenvalue weighted by molar-refractivity contribution is 5.92. The van der Waals surface area contributed by atoms with E-state index in [9.17, 15) is 9.90 Å². The molecule has 3 heterocycles. The number of aryl methyl sites for hydroxylation is 2. The van der Waals surface area contributed by atoms with Gasteiger partial charge in [-0.1, -0.05) is 5.16 Å². The maximum Gasteiger partial charge on any atom is 0.273 e. The first-order valence-corrected chi connectivity index (χ1v) is 8.37. The average Bonchev–Trinajstić information content (AvgIpc) is 3.21. The Bertz CT molecular complexity index is 653. The fourth-order valence-electron chi connectivity index (χ4n) is 3.08. The number of carbonyl (C=O) groups excluding carboxylic acids is 1. The van der Waals surface area contributed by atoms with Gasteiger partial charge < -0.3 is 24.4 Å². The molecule has 24 heavy (non-hydrogen) atoms. The van der Waals surface area contributed by atoms with Gasteiger partial charge in [-0.2, -0.15) is 0 Å². The van der Waals surface area contributed by atoms with Gasteiger partial charge >= 0.3 is 0 Å². The van der Waals surface area contributed by atoms with Crippen molar-refractivity contribution in [1.82, 2.24) is 19.9 Å². The molecule has 0 saturated carbocycles. The second kappa shape index (κ2) is 7.63. The fraction of sp³-hybridized carbons (Fsp3) is 0.529. The Morgan fingerprint density at radius 3 is 2.88 bits per heavy atom. The van der Waals surface area contributed by atoms with Gasteiger partial charge in [0.2, 0.25) is 0 Å². The number of nitrogens with one attached hydrogen (secondary N) is 1. The van der Waals surface area contributed by atoms with E-state index in [0.717, 1.165) is 32.5 Å². The molecule has 2 aromatic heterocycles. The van der Waals surface area contributed by atoms with Crippen molar-refractivity contribution in [1.29, 1.82) is 0 Å². The molecule has 0 unspecified atom stereocenters. The normalized spacial score (nSPS) is 21.8. The van der Waals surface area contributed by atoms with Gasteiger partial charge in [0, 0.05) is 38.1 Å². The first-order valence-electron chi connectivity index (χ1n) is 8.37. The van der Waals surface area contributed by atoms with E-state index in [4.69, 9.17) is 4.52 Å². The second-order valence-electron chi connectivity index (χ2n) is 6.33. The van der Waals surface area contributed by atoms with E-state index in [2.05, 4.69) is 32.3 Å². The van der Waals surface area contributed by atoms with Crippen LogP contribution in [0.1, 0.15) is 29.1 Å². The predicted octanol–water partition coefficient (Wildman–Crippen LogP) is 1.04. The minimum Gasteiger partial charge on any atom is -0.390 e. The van der Waals surface area contributed by atoms with E-state index in [1.807, 2.05) is 12.1 Å². The number of likely N-dealkylation sites (tertiary alicyclic amines) is 1. The molecule has 1 aliphatic heterocycles. The van der Waals surface area contributed by atoms with Gasteiger partial charge in [0.05, 0.1) is 12.1 Å². The number of rotatable bonds is 6. The van der Waals surface area contributed by atoms with Crippen molar-refractivity contribution in [2.24, 2.45) is 0 Å². The molecule has 1 aliphatic rings. The number of aromatic nitrogens is 2. The zero-order chi connectivity index (χ0) is 16.9. The van der Waals surface area contributed by atoms with Crippen LogP contribution in [-0.2, 0) is 6.54 Å². The summed E-state index contributed by atoms with van der Waals surface area (Å²) in [5.41, 5.74) is 0.258. The molecule has 0 aliphatic carbocycles. The van der Waals surface area contributed by atoms with Crippen LogP contribution in [0.15, 0.2) is 35.1 Å². The molecule has 1 fully saturated rings. The minimum atomic E-state index is -0.567. The number of hydrogen-bond acceptors (Lipinski definition) is 5. The molecule has 2 atom stereocenters. The Labute approximate surface area is 141 Å². The summed E-state index contributed by atoms with van der Waals surface area (Å²) in [5, 5.41) is 16.9. The van der Waals surface area contributed by atoms with Gasteiger partial charge in [-0.25, -0.2) is 0 Å². The minimum absolute atomic E-state index is 0.241. The second-order valence-corrected chi connectivity index (χ2v) is 6.33. The molecular weight excluding hydrogens is 308 g/mol. The molecule has 3 rings (SSSR count). The molecule has 2 aromatic rings. The van der Waals surface area contributed by atoms with E-state index in [-0.39, 0.29) is 17.6 Å². The van der Waals surface area contributed by atoms with Crippen LogP contribution in [0, 0.1) is 6.92 Å². The van der Waals surface area contributed by atoms with Crippen LogP contribution in [-0.4, -0.2) is 57.4 Å². The number of aliphatic hydroxyl groups excluding tert-OH is 1. The fourth-order valence-corrected chi connectivity index (χ4v) is 3.08. The maximum absolute atomic E-state index is 12.1. The highest BCUT2D eigenvalue weighted by atomic mass is 16.5. The summed E-state index contributed by atoms with van der Waals surface area (Å²) in [6.45, 7) is 5.11. The van der Waals surface area contributed by atoms with Crippen molar-refractivity contribution in [2.75, 3.05) is 19.6 Å². The quantitative estimate of drug-likeness (QED) is 0.826. The van der Waals surface area contributed by atoms with Gasteiger partial charge in [-0.05, 0) is 38.4 Å². The number of amides is 1. The van der Waals surface area contributed by atoms with Crippen LogP contribution in [0.25, 0.3) is 0 Å². The van der Waals surface area contributed by atoms with E-state index in [0.29, 0.717) is 12.3 Å². The van der Waals surface area contributed by atoms with Crippen LogP contribution >= 0.6 is 0 Å². The lowest BCUT2D eigenvalue weighted by atomic mass is 10.0. The highest BCUT2D eigenvalue weighted by Crippen LogP contribution is 2.13. The van der Waals surface area contributed by atoms with Gasteiger partial charge in [0.25, 0.3) is 5.91 Å². The average molecular weight is 332 g/mol. The van der Waals surface area contributed by atoms with Crippen LogP contribution in [0.4, 0.5) is 0 Å². The summed E-state index contributed by atoms with van der Waals surface area (Å²) >= 11 is 0. The first-order chi connectivity index (χ1) is 11.6. The van der Waals surface area contributed by atoms with Crippen molar-refractivity contribution in [2.45, 2.75) is 38.5 Å². The Morgan fingerprint density at radius 2 is 2.21 bits per heavy atom. The molecule has 1 saturated heterocycles. The van der Waals surface area contributed by atoms with E-state index in [1.165, 1.54) is 0 Å². The summed E-state index contributed by atoms with van der Waals surface area (Å²) < 4.78 is 7.07. The summed E-state index contributed by atoms with van der Waals surface area (Å²) in [7, 11) is 0. The van der Waals surface area contributed by atoms with Crippen LogP contribution in [0.5, 0.6) is 0 Å². The summed E-state index contributed by atoms with van der Waals surface area (Å²) in [5.74, 6) is 0.301. The molecule has 0 aromatic carbocycles. The monoisotopic (exact) mass is 332 g/mol. The lowest BCUT2D eigenvalue weighted by Gasteiger charge is -2.36. The number of piperidine rings is 1. The predicted molar refractivity (Wildman–Crippen MR) is 88.6 cm³/mol. The molecule has 0 spiro atoms. The van der Waals surface area contributed by atoms with Crippen molar-refractivity contribution >= 4 is 5.91 Å². The molecule has 2 N–H and O–H groups in total. The van der Waals surface area contributed by atoms with E-state index < -0.39 is 6.10 Å². The van der Waals surface area contributed by atoms with Gasteiger partial charge in [-0.3, -0.25) is 4.79 Å². The first kappa shape index (κ1) is 16.7. The molecular formula is C17H24N4O3. The van der Waals surface area contributed by atoms with Gasteiger partial charge in [-0.15, -0.1) is 0 Å². The van der Waals surface area contributed by atoms with Crippen molar-refractivity contribution in [3.63, 3.8) is 0 Å². The molecule has 0 bridgehead atoms. The van der Waals surface area contributed by atoms with E-state index >= 15 is 0 Å².